The van der Waals surface area contributed by atoms with Gasteiger partial charge in [-0.2, -0.15) is 0 Å². The lowest BCUT2D eigenvalue weighted by Gasteiger charge is -1.60. The van der Waals surface area contributed by atoms with Crippen molar-refractivity contribution in [3.05, 3.63) is 25.3 Å². The van der Waals surface area contributed by atoms with Gasteiger partial charge in [-0.05, 0) is 13.8 Å². The average molecular weight is 146 g/mol. The van der Waals surface area contributed by atoms with Crippen LogP contribution >= 0.6 is 0 Å². The van der Waals surface area contributed by atoms with Gasteiger partial charge in [0.25, 0.3) is 0 Å². The van der Waals surface area contributed by atoms with Crippen LogP contribution in [-0.4, -0.2) is 16.4 Å². The lowest BCUT2D eigenvalue weighted by molar-refractivity contribution is 0.137. The lowest BCUT2D eigenvalue weighted by Crippen LogP contribution is -1.81. The topological polar surface area (TPSA) is 57.5 Å². The van der Waals surface area contributed by atoms with Gasteiger partial charge in [0.15, 0.2) is 0 Å². The van der Waals surface area contributed by atoms with E-state index in [0.717, 1.165) is 0 Å². The van der Waals surface area contributed by atoms with Crippen molar-refractivity contribution in [2.24, 2.45) is 0 Å². The number of carbonyl (C=O) groups is 1. The Balaban J connectivity index is -0.0000000750. The molecule has 60 valence electrons. The zero-order chi connectivity index (χ0) is 8.99. The summed E-state index contributed by atoms with van der Waals surface area (Å²) in [6.07, 6.45) is 1.67. The number of carboxylic acid groups (broad SMARTS) is 2. The van der Waals surface area contributed by atoms with E-state index >= 15 is 0 Å². The highest BCUT2D eigenvalue weighted by atomic mass is 16.6. The molecular weight excluding hydrogens is 132 g/mol. The third-order valence-corrected chi connectivity index (χ3v) is 0. The molecule has 0 aliphatic heterocycles. The SMILES string of the molecule is C=CC.C=CC.O=C(O)O. The molecule has 0 aromatic rings. The lowest BCUT2D eigenvalue weighted by atomic mass is 10.8. The summed E-state index contributed by atoms with van der Waals surface area (Å²) < 4.78 is 0. The van der Waals surface area contributed by atoms with Crippen LogP contribution in [0.5, 0.6) is 0 Å². The van der Waals surface area contributed by atoms with E-state index in [1.807, 2.05) is 13.8 Å². The normalized spacial score (nSPS) is 5.00. The predicted molar refractivity (Wildman–Crippen MR) is 42.4 cm³/mol. The van der Waals surface area contributed by atoms with Crippen molar-refractivity contribution in [2.75, 3.05) is 0 Å². The first-order valence-corrected chi connectivity index (χ1v) is 2.62. The minimum atomic E-state index is -1.83. The first-order chi connectivity index (χ1) is 4.56. The van der Waals surface area contributed by atoms with E-state index in [4.69, 9.17) is 15.0 Å². The third kappa shape index (κ3) is 143. The molecule has 0 rings (SSSR count). The molecule has 0 aliphatic rings. The monoisotopic (exact) mass is 146 g/mol. The van der Waals surface area contributed by atoms with E-state index in [9.17, 15) is 0 Å². The molecule has 0 radical (unpaired) electrons. The van der Waals surface area contributed by atoms with Crippen LogP contribution in [-0.2, 0) is 0 Å². The van der Waals surface area contributed by atoms with Crippen molar-refractivity contribution in [3.63, 3.8) is 0 Å². The van der Waals surface area contributed by atoms with Crippen LogP contribution in [0.4, 0.5) is 4.79 Å². The molecule has 0 unspecified atom stereocenters. The van der Waals surface area contributed by atoms with E-state index in [1.54, 1.807) is 12.2 Å². The second-order valence-electron chi connectivity index (χ2n) is 1.10. The molecule has 0 saturated heterocycles. The Morgan fingerprint density at radius 3 is 1.20 bits per heavy atom. The summed E-state index contributed by atoms with van der Waals surface area (Å²) in [5.41, 5.74) is 0. The molecular formula is C7H14O3. The second-order valence-corrected chi connectivity index (χ2v) is 1.10. The largest absolute Gasteiger partial charge is 0.503 e. The molecule has 3 nitrogen and oxygen atoms in total. The molecule has 0 aliphatic carbocycles. The predicted octanol–water partition coefficient (Wildman–Crippen LogP) is 2.61. The van der Waals surface area contributed by atoms with Gasteiger partial charge in [0, 0.05) is 0 Å². The Morgan fingerprint density at radius 1 is 1.20 bits per heavy atom. The highest BCUT2D eigenvalue weighted by Crippen LogP contribution is 1.42. The summed E-state index contributed by atoms with van der Waals surface area (Å²) in [5, 5.41) is 13.9. The van der Waals surface area contributed by atoms with Gasteiger partial charge >= 0.3 is 6.16 Å². The fourth-order valence-electron chi connectivity index (χ4n) is 0. The Kier molecular flexibility index (Phi) is 39.9. The Labute approximate surface area is 61.3 Å². The molecule has 0 aromatic heterocycles. The minimum absolute atomic E-state index is 1.75. The second kappa shape index (κ2) is 25.1. The molecule has 3 heteroatoms. The van der Waals surface area contributed by atoms with Gasteiger partial charge in [-0.25, -0.2) is 4.79 Å². The van der Waals surface area contributed by atoms with Gasteiger partial charge < -0.3 is 10.2 Å². The van der Waals surface area contributed by atoms with Crippen LogP contribution in [0, 0.1) is 0 Å². The van der Waals surface area contributed by atoms with E-state index < -0.39 is 6.16 Å². The zero-order valence-electron chi connectivity index (χ0n) is 6.37. The summed E-state index contributed by atoms with van der Waals surface area (Å²) in [7, 11) is 0. The molecule has 2 N–H and O–H groups in total. The highest BCUT2D eigenvalue weighted by molar-refractivity contribution is 5.53. The van der Waals surface area contributed by atoms with Crippen LogP contribution in [0.25, 0.3) is 0 Å². The molecule has 10 heavy (non-hydrogen) atoms. The van der Waals surface area contributed by atoms with Gasteiger partial charge in [-0.1, -0.05) is 12.2 Å². The van der Waals surface area contributed by atoms with Crippen molar-refractivity contribution in [2.45, 2.75) is 13.8 Å². The van der Waals surface area contributed by atoms with Gasteiger partial charge in [0.1, 0.15) is 0 Å². The summed E-state index contributed by atoms with van der Waals surface area (Å²) in [4.78, 5) is 8.56. The van der Waals surface area contributed by atoms with Crippen LogP contribution in [0.1, 0.15) is 13.8 Å². The van der Waals surface area contributed by atoms with Gasteiger partial charge in [-0.15, -0.1) is 13.2 Å². The fourth-order valence-corrected chi connectivity index (χ4v) is 0. The Morgan fingerprint density at radius 2 is 1.20 bits per heavy atom. The summed E-state index contributed by atoms with van der Waals surface area (Å²) in [6.45, 7) is 10.5. The molecule has 0 amide bonds. The quantitative estimate of drug-likeness (QED) is 0.516. The molecule has 0 atom stereocenters. The molecule has 0 fully saturated rings. The van der Waals surface area contributed by atoms with Gasteiger partial charge in [-0.3, -0.25) is 0 Å². The van der Waals surface area contributed by atoms with E-state index in [2.05, 4.69) is 13.2 Å². The van der Waals surface area contributed by atoms with E-state index in [-0.39, 0.29) is 0 Å². The first-order valence-electron chi connectivity index (χ1n) is 2.62. The summed E-state index contributed by atoms with van der Waals surface area (Å²) >= 11 is 0. The van der Waals surface area contributed by atoms with Crippen LogP contribution in [0.3, 0.4) is 0 Å². The average Bonchev–Trinajstić information content (AvgIpc) is 1.65. The number of allylic oxidation sites excluding steroid dienone is 2. The first kappa shape index (κ1) is 15.9. The number of hydrogen-bond donors (Lipinski definition) is 2. The summed E-state index contributed by atoms with van der Waals surface area (Å²) in [6, 6.07) is 0. The third-order valence-electron chi connectivity index (χ3n) is 0. The summed E-state index contributed by atoms with van der Waals surface area (Å²) in [5.74, 6) is 0. The van der Waals surface area contributed by atoms with Crippen molar-refractivity contribution in [1.82, 2.24) is 0 Å². The fraction of sp³-hybridized carbons (Fsp3) is 0.286. The van der Waals surface area contributed by atoms with Gasteiger partial charge in [0.05, 0.1) is 0 Å². The Hall–Kier alpha value is -1.25. The van der Waals surface area contributed by atoms with Crippen LogP contribution < -0.4 is 0 Å². The number of rotatable bonds is 0. The zero-order valence-corrected chi connectivity index (χ0v) is 6.37. The maximum atomic E-state index is 8.56. The molecule has 0 saturated carbocycles. The van der Waals surface area contributed by atoms with E-state index in [0.29, 0.717) is 0 Å². The van der Waals surface area contributed by atoms with Crippen molar-refractivity contribution < 1.29 is 15.0 Å². The smallest absolute Gasteiger partial charge is 0.450 e. The van der Waals surface area contributed by atoms with Crippen molar-refractivity contribution in [3.8, 4) is 0 Å². The van der Waals surface area contributed by atoms with E-state index in [1.165, 1.54) is 0 Å². The minimum Gasteiger partial charge on any atom is -0.450 e. The van der Waals surface area contributed by atoms with Crippen molar-refractivity contribution >= 4 is 6.16 Å². The molecule has 0 spiro atoms. The molecule has 0 bridgehead atoms. The van der Waals surface area contributed by atoms with Crippen LogP contribution in [0.2, 0.25) is 0 Å². The maximum absolute atomic E-state index is 8.56. The highest BCUT2D eigenvalue weighted by Gasteiger charge is 1.70. The van der Waals surface area contributed by atoms with Crippen LogP contribution in [0.15, 0.2) is 25.3 Å². The van der Waals surface area contributed by atoms with Gasteiger partial charge in [0.2, 0.25) is 0 Å². The molecule has 0 aromatic carbocycles. The Bertz CT molecular complexity index is 76.9. The molecule has 0 heterocycles. The van der Waals surface area contributed by atoms with Crippen molar-refractivity contribution in [1.29, 1.82) is 0 Å². The number of hydrogen-bond acceptors (Lipinski definition) is 1. The standard InChI is InChI=1S/2C3H6.CH2O3/c2*1-3-2;2-1(3)4/h2*3H,1H2,2H3;(H2,2,3,4). The maximum Gasteiger partial charge on any atom is 0.503 e.